The zero-order chi connectivity index (χ0) is 17.6. The minimum atomic E-state index is -0.435. The molecule has 0 unspecified atom stereocenters. The first-order chi connectivity index (χ1) is 12.1. The summed E-state index contributed by atoms with van der Waals surface area (Å²) in [6, 6.07) is 6.96. The number of nitrogens with zero attached hydrogens (tertiary/aromatic N) is 2. The van der Waals surface area contributed by atoms with Gasteiger partial charge in [0.05, 0.1) is 31.6 Å². The molecule has 8 nitrogen and oxygen atoms in total. The molecule has 0 bridgehead atoms. The summed E-state index contributed by atoms with van der Waals surface area (Å²) in [5.41, 5.74) is 2.71. The highest BCUT2D eigenvalue weighted by molar-refractivity contribution is 5.83. The number of fused-ring (bicyclic) bond motifs is 1. The van der Waals surface area contributed by atoms with Gasteiger partial charge in [-0.2, -0.15) is 0 Å². The first-order valence-corrected chi connectivity index (χ1v) is 7.85. The van der Waals surface area contributed by atoms with E-state index in [4.69, 9.17) is 4.42 Å². The third-order valence-corrected chi connectivity index (χ3v) is 3.53. The summed E-state index contributed by atoms with van der Waals surface area (Å²) in [5.74, 6) is 0.350. The number of imidazole rings is 1. The Hall–Kier alpha value is -3.29. The molecular formula is C17H19N5O3. The maximum Gasteiger partial charge on any atom is 0.315 e. The summed E-state index contributed by atoms with van der Waals surface area (Å²) in [5, 5.41) is 7.81. The quantitative estimate of drug-likeness (QED) is 0.630. The predicted molar refractivity (Wildman–Crippen MR) is 90.7 cm³/mol. The van der Waals surface area contributed by atoms with Gasteiger partial charge in [-0.3, -0.25) is 4.79 Å². The fraction of sp³-hybridized carbons (Fsp3) is 0.235. The number of furan rings is 1. The van der Waals surface area contributed by atoms with Crippen LogP contribution in [0.1, 0.15) is 17.0 Å². The van der Waals surface area contributed by atoms with Gasteiger partial charge in [-0.1, -0.05) is 6.07 Å². The molecule has 0 aromatic carbocycles. The van der Waals surface area contributed by atoms with Gasteiger partial charge in [-0.05, 0) is 30.7 Å². The minimum absolute atomic E-state index is 0.115. The molecule has 0 aliphatic heterocycles. The molecule has 0 aliphatic rings. The highest BCUT2D eigenvalue weighted by atomic mass is 16.3. The van der Waals surface area contributed by atoms with Gasteiger partial charge in [0, 0.05) is 12.4 Å². The average molecular weight is 341 g/mol. The van der Waals surface area contributed by atoms with Gasteiger partial charge in [-0.15, -0.1) is 0 Å². The largest absolute Gasteiger partial charge is 0.467 e. The molecule has 3 rings (SSSR count). The molecule has 25 heavy (non-hydrogen) atoms. The zero-order valence-corrected chi connectivity index (χ0v) is 13.8. The Morgan fingerprint density at radius 1 is 1.12 bits per heavy atom. The van der Waals surface area contributed by atoms with Crippen molar-refractivity contribution in [2.24, 2.45) is 0 Å². The van der Waals surface area contributed by atoms with Crippen molar-refractivity contribution in [2.45, 2.75) is 20.0 Å². The molecule has 0 saturated heterocycles. The Kier molecular flexibility index (Phi) is 4.98. The first-order valence-electron chi connectivity index (χ1n) is 7.85. The minimum Gasteiger partial charge on any atom is -0.467 e. The number of aryl methyl sites for hydroxylation is 1. The van der Waals surface area contributed by atoms with Gasteiger partial charge in [-0.25, -0.2) is 9.78 Å². The van der Waals surface area contributed by atoms with E-state index in [9.17, 15) is 9.59 Å². The lowest BCUT2D eigenvalue weighted by Gasteiger charge is -2.06. The number of carbonyl (C=O) groups excluding carboxylic acids is 2. The zero-order valence-electron chi connectivity index (χ0n) is 13.8. The van der Waals surface area contributed by atoms with E-state index in [-0.39, 0.29) is 19.0 Å². The molecule has 3 aromatic heterocycles. The Bertz CT molecular complexity index is 870. The smallest absolute Gasteiger partial charge is 0.315 e. The SMILES string of the molecule is Cc1ccc2nc(CNC(=O)CNC(=O)NCc3ccco3)cn2c1. The van der Waals surface area contributed by atoms with Crippen LogP contribution in [0, 0.1) is 6.92 Å². The van der Waals surface area contributed by atoms with E-state index >= 15 is 0 Å². The normalized spacial score (nSPS) is 10.6. The lowest BCUT2D eigenvalue weighted by molar-refractivity contribution is -0.120. The molecule has 3 amide bonds. The highest BCUT2D eigenvalue weighted by Gasteiger charge is 2.07. The van der Waals surface area contributed by atoms with Crippen molar-refractivity contribution in [1.82, 2.24) is 25.3 Å². The molecule has 3 N–H and O–H groups in total. The molecule has 0 saturated carbocycles. The number of aromatic nitrogens is 2. The van der Waals surface area contributed by atoms with Crippen LogP contribution in [-0.4, -0.2) is 27.9 Å². The second kappa shape index (κ2) is 7.52. The van der Waals surface area contributed by atoms with Crippen LogP contribution in [0.15, 0.2) is 47.3 Å². The maximum absolute atomic E-state index is 11.8. The van der Waals surface area contributed by atoms with Crippen molar-refractivity contribution in [3.63, 3.8) is 0 Å². The van der Waals surface area contributed by atoms with Gasteiger partial charge >= 0.3 is 6.03 Å². The Morgan fingerprint density at radius 3 is 2.80 bits per heavy atom. The topological polar surface area (TPSA) is 101 Å². The van der Waals surface area contributed by atoms with Crippen molar-refractivity contribution < 1.29 is 14.0 Å². The van der Waals surface area contributed by atoms with E-state index < -0.39 is 6.03 Å². The van der Waals surface area contributed by atoms with Crippen molar-refractivity contribution in [1.29, 1.82) is 0 Å². The molecule has 0 aliphatic carbocycles. The summed E-state index contributed by atoms with van der Waals surface area (Å²) < 4.78 is 7.01. The van der Waals surface area contributed by atoms with E-state index in [1.807, 2.05) is 35.9 Å². The van der Waals surface area contributed by atoms with E-state index in [0.717, 1.165) is 16.9 Å². The molecule has 0 atom stereocenters. The lowest BCUT2D eigenvalue weighted by atomic mass is 10.3. The number of rotatable bonds is 6. The summed E-state index contributed by atoms with van der Waals surface area (Å²) in [4.78, 5) is 27.8. The third kappa shape index (κ3) is 4.60. The first kappa shape index (κ1) is 16.6. The van der Waals surface area contributed by atoms with Gasteiger partial charge in [0.2, 0.25) is 5.91 Å². The van der Waals surface area contributed by atoms with Crippen LogP contribution < -0.4 is 16.0 Å². The summed E-state index contributed by atoms with van der Waals surface area (Å²) in [6.07, 6.45) is 5.37. The second-order valence-corrected chi connectivity index (χ2v) is 5.60. The van der Waals surface area contributed by atoms with Gasteiger partial charge in [0.25, 0.3) is 0 Å². The number of hydrogen-bond acceptors (Lipinski definition) is 4. The molecule has 8 heteroatoms. The number of carbonyl (C=O) groups is 2. The molecule has 3 aromatic rings. The fourth-order valence-corrected chi connectivity index (χ4v) is 2.30. The van der Waals surface area contributed by atoms with Gasteiger partial charge < -0.3 is 24.8 Å². The van der Waals surface area contributed by atoms with Crippen LogP contribution in [0.3, 0.4) is 0 Å². The van der Waals surface area contributed by atoms with Crippen LogP contribution in [0.25, 0.3) is 5.65 Å². The Balaban J connectivity index is 1.40. The summed E-state index contributed by atoms with van der Waals surface area (Å²) in [7, 11) is 0. The van der Waals surface area contributed by atoms with E-state index in [0.29, 0.717) is 12.3 Å². The second-order valence-electron chi connectivity index (χ2n) is 5.60. The highest BCUT2D eigenvalue weighted by Crippen LogP contribution is 2.07. The fourth-order valence-electron chi connectivity index (χ4n) is 2.30. The molecule has 0 radical (unpaired) electrons. The van der Waals surface area contributed by atoms with Crippen LogP contribution in [0.4, 0.5) is 4.79 Å². The molecule has 3 heterocycles. The maximum atomic E-state index is 11.8. The van der Waals surface area contributed by atoms with Gasteiger partial charge in [0.1, 0.15) is 11.4 Å². The predicted octanol–water partition coefficient (Wildman–Crippen LogP) is 1.35. The number of hydrogen-bond donors (Lipinski definition) is 3. The van der Waals surface area contributed by atoms with Crippen LogP contribution in [-0.2, 0) is 17.9 Å². The molecule has 0 fully saturated rings. The van der Waals surface area contributed by atoms with Crippen molar-refractivity contribution >= 4 is 17.6 Å². The summed E-state index contributed by atoms with van der Waals surface area (Å²) in [6.45, 7) is 2.45. The monoisotopic (exact) mass is 341 g/mol. The average Bonchev–Trinajstić information content (AvgIpc) is 3.25. The number of amides is 3. The third-order valence-electron chi connectivity index (χ3n) is 3.53. The van der Waals surface area contributed by atoms with Crippen LogP contribution in [0.2, 0.25) is 0 Å². The van der Waals surface area contributed by atoms with Crippen molar-refractivity contribution in [3.05, 3.63) is 59.9 Å². The van der Waals surface area contributed by atoms with Crippen molar-refractivity contribution in [3.8, 4) is 0 Å². The van der Waals surface area contributed by atoms with Crippen LogP contribution in [0.5, 0.6) is 0 Å². The number of nitrogens with one attached hydrogen (secondary N) is 3. The van der Waals surface area contributed by atoms with Crippen molar-refractivity contribution in [2.75, 3.05) is 6.54 Å². The Labute approximate surface area is 144 Å². The van der Waals surface area contributed by atoms with E-state index in [1.54, 1.807) is 12.1 Å². The van der Waals surface area contributed by atoms with E-state index in [1.165, 1.54) is 6.26 Å². The molecule has 130 valence electrons. The van der Waals surface area contributed by atoms with E-state index in [2.05, 4.69) is 20.9 Å². The summed E-state index contributed by atoms with van der Waals surface area (Å²) >= 11 is 0. The number of urea groups is 1. The Morgan fingerprint density at radius 2 is 2.00 bits per heavy atom. The molecule has 0 spiro atoms. The molecular weight excluding hydrogens is 322 g/mol. The van der Waals surface area contributed by atoms with Crippen LogP contribution >= 0.6 is 0 Å². The lowest BCUT2D eigenvalue weighted by Crippen LogP contribution is -2.41. The standard InChI is InChI=1S/C17H19N5O3/c1-12-4-5-15-21-13(11-22(15)10-12)7-18-16(23)9-20-17(24)19-8-14-3-2-6-25-14/h2-6,10-11H,7-9H2,1H3,(H,18,23)(H2,19,20,24). The van der Waals surface area contributed by atoms with Gasteiger partial charge in [0.15, 0.2) is 0 Å². The number of pyridine rings is 1.